The molecule has 0 aromatic heterocycles. The summed E-state index contributed by atoms with van der Waals surface area (Å²) in [6, 6.07) is 0. The summed E-state index contributed by atoms with van der Waals surface area (Å²) >= 11 is 0. The fourth-order valence-electron chi connectivity index (χ4n) is 3.09. The maximum Gasteiger partial charge on any atom is 0.308 e. The van der Waals surface area contributed by atoms with Gasteiger partial charge in [-0.2, -0.15) is 0 Å². The van der Waals surface area contributed by atoms with Crippen LogP contribution >= 0.6 is 0 Å². The summed E-state index contributed by atoms with van der Waals surface area (Å²) in [6.07, 6.45) is 5.51. The molecule has 1 heterocycles. The first kappa shape index (κ1) is 14.8. The maximum absolute atomic E-state index is 12.3. The third-order valence-corrected chi connectivity index (χ3v) is 4.11. The van der Waals surface area contributed by atoms with Crippen LogP contribution in [0.5, 0.6) is 0 Å². The highest BCUT2D eigenvalue weighted by atomic mass is 16.4. The molecule has 1 N–H and O–H groups in total. The van der Waals surface area contributed by atoms with Crippen LogP contribution in [0.25, 0.3) is 0 Å². The Kier molecular flexibility index (Phi) is 4.26. The van der Waals surface area contributed by atoms with Gasteiger partial charge < -0.3 is 5.11 Å². The Hall–Kier alpha value is -1.65. The summed E-state index contributed by atoms with van der Waals surface area (Å²) < 4.78 is 0. The first-order chi connectivity index (χ1) is 9.41. The Morgan fingerprint density at radius 1 is 1.25 bits per heavy atom. The molecule has 3 atom stereocenters. The number of amides is 2. The maximum atomic E-state index is 12.3. The van der Waals surface area contributed by atoms with Gasteiger partial charge in [0, 0.05) is 6.54 Å². The van der Waals surface area contributed by atoms with Crippen molar-refractivity contribution in [3.8, 4) is 0 Å². The predicted octanol–water partition coefficient (Wildman–Crippen LogP) is 1.68. The van der Waals surface area contributed by atoms with Gasteiger partial charge in [-0.05, 0) is 25.2 Å². The van der Waals surface area contributed by atoms with E-state index in [1.165, 1.54) is 4.90 Å². The molecule has 0 spiro atoms. The minimum Gasteiger partial charge on any atom is -0.481 e. The summed E-state index contributed by atoms with van der Waals surface area (Å²) in [5, 5.41) is 9.25. The molecule has 0 radical (unpaired) electrons. The third-order valence-electron chi connectivity index (χ3n) is 4.11. The van der Waals surface area contributed by atoms with Crippen LogP contribution in [-0.2, 0) is 14.4 Å². The van der Waals surface area contributed by atoms with Crippen LogP contribution in [0.3, 0.4) is 0 Å². The molecule has 0 aromatic rings. The molecule has 5 nitrogen and oxygen atoms in total. The molecule has 1 aliphatic heterocycles. The van der Waals surface area contributed by atoms with E-state index in [-0.39, 0.29) is 36.1 Å². The second-order valence-corrected chi connectivity index (χ2v) is 6.11. The molecular formula is C15H21NO4. The fourth-order valence-corrected chi connectivity index (χ4v) is 3.09. The van der Waals surface area contributed by atoms with E-state index in [2.05, 4.69) is 0 Å². The number of hydrogen-bond donors (Lipinski definition) is 1. The van der Waals surface area contributed by atoms with Crippen molar-refractivity contribution in [3.63, 3.8) is 0 Å². The molecule has 2 amide bonds. The van der Waals surface area contributed by atoms with Crippen LogP contribution in [0.4, 0.5) is 0 Å². The van der Waals surface area contributed by atoms with E-state index in [0.717, 1.165) is 0 Å². The Morgan fingerprint density at radius 3 is 2.15 bits per heavy atom. The molecular weight excluding hydrogens is 258 g/mol. The van der Waals surface area contributed by atoms with Crippen LogP contribution in [0.15, 0.2) is 12.2 Å². The van der Waals surface area contributed by atoms with Crippen molar-refractivity contribution < 1.29 is 19.5 Å². The minimum atomic E-state index is -0.938. The monoisotopic (exact) mass is 279 g/mol. The number of nitrogens with zero attached hydrogens (tertiary/aromatic N) is 1. The SMILES string of the molecule is CC(C)CC(CN1C(=O)[C@H]2CC=CC[C@H]2C1=O)C(=O)O. The molecule has 0 bridgehead atoms. The normalized spacial score (nSPS) is 27.1. The lowest BCUT2D eigenvalue weighted by molar-refractivity contribution is -0.146. The van der Waals surface area contributed by atoms with Gasteiger partial charge in [0.05, 0.1) is 17.8 Å². The lowest BCUT2D eigenvalue weighted by Gasteiger charge is -2.21. The fraction of sp³-hybridized carbons (Fsp3) is 0.667. The molecule has 2 rings (SSSR count). The number of aliphatic carboxylic acids is 1. The number of imide groups is 1. The van der Waals surface area contributed by atoms with Crippen molar-refractivity contribution in [2.75, 3.05) is 6.54 Å². The van der Waals surface area contributed by atoms with Gasteiger partial charge in [-0.15, -0.1) is 0 Å². The van der Waals surface area contributed by atoms with E-state index in [1.807, 2.05) is 26.0 Å². The Morgan fingerprint density at radius 2 is 1.75 bits per heavy atom. The lowest BCUT2D eigenvalue weighted by atomic mass is 9.85. The number of carboxylic acid groups (broad SMARTS) is 1. The molecule has 1 aliphatic carbocycles. The summed E-state index contributed by atoms with van der Waals surface area (Å²) in [6.45, 7) is 3.89. The van der Waals surface area contributed by atoms with Crippen LogP contribution < -0.4 is 0 Å². The van der Waals surface area contributed by atoms with Crippen molar-refractivity contribution in [2.24, 2.45) is 23.7 Å². The highest BCUT2D eigenvalue weighted by Crippen LogP contribution is 2.35. The Balaban J connectivity index is 2.10. The molecule has 5 heteroatoms. The van der Waals surface area contributed by atoms with E-state index < -0.39 is 11.9 Å². The van der Waals surface area contributed by atoms with Crippen molar-refractivity contribution in [2.45, 2.75) is 33.1 Å². The van der Waals surface area contributed by atoms with Crippen molar-refractivity contribution in [1.82, 2.24) is 4.90 Å². The molecule has 1 fully saturated rings. The van der Waals surface area contributed by atoms with Crippen LogP contribution in [0.1, 0.15) is 33.1 Å². The Bertz CT molecular complexity index is 429. The topological polar surface area (TPSA) is 74.7 Å². The number of allylic oxidation sites excluding steroid dienone is 2. The minimum absolute atomic E-state index is 0.0121. The van der Waals surface area contributed by atoms with Crippen molar-refractivity contribution >= 4 is 17.8 Å². The second kappa shape index (κ2) is 5.77. The smallest absolute Gasteiger partial charge is 0.308 e. The molecule has 110 valence electrons. The van der Waals surface area contributed by atoms with Gasteiger partial charge in [-0.1, -0.05) is 26.0 Å². The zero-order valence-corrected chi connectivity index (χ0v) is 11.9. The van der Waals surface area contributed by atoms with Gasteiger partial charge in [0.15, 0.2) is 0 Å². The third kappa shape index (κ3) is 2.76. The van der Waals surface area contributed by atoms with E-state index in [1.54, 1.807) is 0 Å². The first-order valence-electron chi connectivity index (χ1n) is 7.14. The number of rotatable bonds is 5. The highest BCUT2D eigenvalue weighted by molar-refractivity contribution is 6.05. The standard InChI is InChI=1S/C15H21NO4/c1-9(2)7-10(15(19)20)8-16-13(17)11-5-3-4-6-12(11)14(16)18/h3-4,9-12H,5-8H2,1-2H3,(H,19,20)/t10?,11-,12+. The molecule has 20 heavy (non-hydrogen) atoms. The number of likely N-dealkylation sites (tertiary alicyclic amines) is 1. The average Bonchev–Trinajstić information content (AvgIpc) is 2.63. The van der Waals surface area contributed by atoms with Crippen LogP contribution in [0.2, 0.25) is 0 Å². The summed E-state index contributed by atoms with van der Waals surface area (Å²) in [4.78, 5) is 37.0. The van der Waals surface area contributed by atoms with E-state index in [0.29, 0.717) is 19.3 Å². The van der Waals surface area contributed by atoms with Crippen LogP contribution in [0, 0.1) is 23.7 Å². The van der Waals surface area contributed by atoms with Gasteiger partial charge in [-0.25, -0.2) is 0 Å². The molecule has 1 saturated heterocycles. The van der Waals surface area contributed by atoms with Crippen molar-refractivity contribution in [1.29, 1.82) is 0 Å². The largest absolute Gasteiger partial charge is 0.481 e. The zero-order valence-electron chi connectivity index (χ0n) is 11.9. The Labute approximate surface area is 118 Å². The summed E-state index contributed by atoms with van der Waals surface area (Å²) in [5.41, 5.74) is 0. The lowest BCUT2D eigenvalue weighted by Crippen LogP contribution is -2.38. The van der Waals surface area contributed by atoms with E-state index >= 15 is 0 Å². The van der Waals surface area contributed by atoms with Gasteiger partial charge in [0.2, 0.25) is 11.8 Å². The van der Waals surface area contributed by atoms with E-state index in [4.69, 9.17) is 0 Å². The first-order valence-corrected chi connectivity index (χ1v) is 7.14. The number of fused-ring (bicyclic) bond motifs is 1. The average molecular weight is 279 g/mol. The number of carbonyl (C=O) groups is 3. The highest BCUT2D eigenvalue weighted by Gasteiger charge is 2.48. The molecule has 2 aliphatic rings. The van der Waals surface area contributed by atoms with Gasteiger partial charge in [0.1, 0.15) is 0 Å². The molecule has 0 saturated carbocycles. The number of carboxylic acids is 1. The zero-order chi connectivity index (χ0) is 14.9. The molecule has 0 aromatic carbocycles. The van der Waals surface area contributed by atoms with Crippen LogP contribution in [-0.4, -0.2) is 34.3 Å². The summed E-state index contributed by atoms with van der Waals surface area (Å²) in [5.74, 6) is -2.34. The van der Waals surface area contributed by atoms with Gasteiger partial charge in [-0.3, -0.25) is 19.3 Å². The summed E-state index contributed by atoms with van der Waals surface area (Å²) in [7, 11) is 0. The van der Waals surface area contributed by atoms with E-state index in [9.17, 15) is 19.5 Å². The predicted molar refractivity (Wildman–Crippen MR) is 72.7 cm³/mol. The second-order valence-electron chi connectivity index (χ2n) is 6.11. The van der Waals surface area contributed by atoms with Crippen molar-refractivity contribution in [3.05, 3.63) is 12.2 Å². The van der Waals surface area contributed by atoms with Gasteiger partial charge >= 0.3 is 5.97 Å². The number of hydrogen-bond acceptors (Lipinski definition) is 3. The molecule has 1 unspecified atom stereocenters. The quantitative estimate of drug-likeness (QED) is 0.614. The number of carbonyl (C=O) groups excluding carboxylic acids is 2. The van der Waals surface area contributed by atoms with Gasteiger partial charge in [0.25, 0.3) is 0 Å².